The van der Waals surface area contributed by atoms with Crippen molar-refractivity contribution in [2.24, 2.45) is 0 Å². The molecule has 8 heteroatoms. The Morgan fingerprint density at radius 1 is 1.13 bits per heavy atom. The van der Waals surface area contributed by atoms with Crippen molar-refractivity contribution in [2.45, 2.75) is 6.42 Å². The molecule has 0 unspecified atom stereocenters. The van der Waals surface area contributed by atoms with Crippen LogP contribution in [-0.2, 0) is 6.42 Å². The third kappa shape index (κ3) is 4.84. The van der Waals surface area contributed by atoms with E-state index in [0.29, 0.717) is 29.3 Å². The van der Waals surface area contributed by atoms with E-state index < -0.39 is 0 Å². The van der Waals surface area contributed by atoms with Crippen LogP contribution in [0.1, 0.15) is 15.9 Å². The molecule has 0 radical (unpaired) electrons. The fraction of sp³-hybridized carbons (Fsp3) is 0.0870. The maximum atomic E-state index is 12.4. The summed E-state index contributed by atoms with van der Waals surface area (Å²) in [5.74, 6) is 0.589. The molecule has 0 saturated carbocycles. The van der Waals surface area contributed by atoms with E-state index in [4.69, 9.17) is 22.1 Å². The molecule has 0 spiro atoms. The summed E-state index contributed by atoms with van der Waals surface area (Å²) in [7, 11) is 0. The Morgan fingerprint density at radius 2 is 2.00 bits per heavy atom. The number of nitrogens with two attached hydrogens (primary N) is 1. The van der Waals surface area contributed by atoms with Crippen molar-refractivity contribution in [1.29, 1.82) is 0 Å². The second kappa shape index (κ2) is 9.32. The molecule has 0 saturated heterocycles. The van der Waals surface area contributed by atoms with Crippen molar-refractivity contribution in [1.82, 2.24) is 15.0 Å². The monoisotopic (exact) mass is 433 g/mol. The Morgan fingerprint density at radius 3 is 2.77 bits per heavy atom. The number of hydrogen-bond acceptors (Lipinski definition) is 5. The van der Waals surface area contributed by atoms with E-state index in [2.05, 4.69) is 20.3 Å². The van der Waals surface area contributed by atoms with Crippen LogP contribution in [0.3, 0.4) is 0 Å². The highest BCUT2D eigenvalue weighted by molar-refractivity contribution is 6.31. The second-order valence-electron chi connectivity index (χ2n) is 6.75. The number of carbonyl (C=O) groups is 1. The van der Waals surface area contributed by atoms with Crippen molar-refractivity contribution < 1.29 is 9.53 Å². The smallest absolute Gasteiger partial charge is 0.259 e. The number of aromatic amines is 1. The number of nitrogens with zero attached hydrogens (tertiary/aromatic N) is 2. The van der Waals surface area contributed by atoms with Crippen LogP contribution >= 0.6 is 11.6 Å². The molecule has 0 atom stereocenters. The van der Waals surface area contributed by atoms with E-state index >= 15 is 0 Å². The third-order valence-electron chi connectivity index (χ3n) is 4.68. The summed E-state index contributed by atoms with van der Waals surface area (Å²) in [6.07, 6.45) is 5.60. The fourth-order valence-corrected chi connectivity index (χ4v) is 3.39. The normalized spacial score (nSPS) is 10.6. The van der Waals surface area contributed by atoms with Crippen molar-refractivity contribution in [2.75, 3.05) is 17.7 Å². The van der Waals surface area contributed by atoms with Crippen LogP contribution in [0.2, 0.25) is 5.02 Å². The number of amides is 1. The van der Waals surface area contributed by atoms with Gasteiger partial charge in [-0.15, -0.1) is 0 Å². The van der Waals surface area contributed by atoms with Crippen molar-refractivity contribution in [3.63, 3.8) is 0 Å². The van der Waals surface area contributed by atoms with Gasteiger partial charge in [-0.1, -0.05) is 29.8 Å². The van der Waals surface area contributed by atoms with Gasteiger partial charge < -0.3 is 20.8 Å². The number of carbonyl (C=O) groups excluding carboxylic acids is 1. The van der Waals surface area contributed by atoms with E-state index in [1.165, 1.54) is 6.20 Å². The number of anilines is 2. The van der Waals surface area contributed by atoms with E-state index in [9.17, 15) is 4.79 Å². The first kappa shape index (κ1) is 20.4. The number of nitrogens with one attached hydrogen (secondary N) is 2. The zero-order chi connectivity index (χ0) is 21.6. The lowest BCUT2D eigenvalue weighted by atomic mass is 10.1. The molecule has 2 aromatic heterocycles. The van der Waals surface area contributed by atoms with E-state index in [1.54, 1.807) is 30.6 Å². The highest BCUT2D eigenvalue weighted by Crippen LogP contribution is 2.28. The molecule has 0 bridgehead atoms. The first-order valence-electron chi connectivity index (χ1n) is 9.63. The zero-order valence-corrected chi connectivity index (χ0v) is 17.3. The number of nitrogen functional groups attached to an aromatic ring is 1. The Balaban J connectivity index is 1.39. The molecule has 31 heavy (non-hydrogen) atoms. The van der Waals surface area contributed by atoms with Gasteiger partial charge in [0.2, 0.25) is 0 Å². The lowest BCUT2D eigenvalue weighted by molar-refractivity contribution is 0.102. The van der Waals surface area contributed by atoms with E-state index in [1.807, 2.05) is 36.5 Å². The predicted molar refractivity (Wildman–Crippen MR) is 121 cm³/mol. The zero-order valence-electron chi connectivity index (χ0n) is 16.5. The summed E-state index contributed by atoms with van der Waals surface area (Å²) in [6.45, 7) is 0.444. The molecule has 4 rings (SSSR count). The quantitative estimate of drug-likeness (QED) is 0.395. The Kier molecular flexibility index (Phi) is 6.14. The largest absolute Gasteiger partial charge is 0.493 e. The van der Waals surface area contributed by atoms with Gasteiger partial charge >= 0.3 is 0 Å². The SMILES string of the molecule is Nc1ncccc1C(=O)Nc1ccc(CCOc2ccccc2-c2c[nH]cn2)c(Cl)c1. The van der Waals surface area contributed by atoms with Crippen LogP contribution in [0.4, 0.5) is 11.5 Å². The average molecular weight is 434 g/mol. The number of aromatic nitrogens is 3. The van der Waals surface area contributed by atoms with Crippen molar-refractivity contribution >= 4 is 29.0 Å². The molecule has 1 amide bonds. The molecule has 4 aromatic rings. The lowest BCUT2D eigenvalue weighted by Crippen LogP contribution is -2.14. The Labute approximate surface area is 184 Å². The van der Waals surface area contributed by atoms with Crippen LogP contribution in [0, 0.1) is 0 Å². The lowest BCUT2D eigenvalue weighted by Gasteiger charge is -2.12. The van der Waals surface area contributed by atoms with Gasteiger partial charge in [0.1, 0.15) is 11.6 Å². The number of H-pyrrole nitrogens is 1. The molecular weight excluding hydrogens is 414 g/mol. The minimum Gasteiger partial charge on any atom is -0.493 e. The topological polar surface area (TPSA) is 106 Å². The standard InChI is InChI=1S/C23H20ClN5O2/c24-19-12-16(29-23(30)18-5-3-10-27-22(18)25)8-7-15(19)9-11-31-21-6-2-1-4-17(21)20-13-26-14-28-20/h1-8,10,12-14H,9,11H2,(H2,25,27)(H,26,28)(H,29,30). The first-order valence-corrected chi connectivity index (χ1v) is 10.0. The van der Waals surface area contributed by atoms with Crippen LogP contribution in [0.15, 0.2) is 73.3 Å². The number of benzene rings is 2. The van der Waals surface area contributed by atoms with Gasteiger partial charge in [0, 0.05) is 35.1 Å². The van der Waals surface area contributed by atoms with Crippen molar-refractivity contribution in [3.05, 3.63) is 89.5 Å². The van der Waals surface area contributed by atoms with Crippen LogP contribution in [0.5, 0.6) is 5.75 Å². The van der Waals surface area contributed by atoms with Crippen LogP contribution < -0.4 is 15.8 Å². The summed E-state index contributed by atoms with van der Waals surface area (Å²) >= 11 is 6.43. The number of para-hydroxylation sites is 1. The second-order valence-corrected chi connectivity index (χ2v) is 7.15. The number of imidazole rings is 1. The van der Waals surface area contributed by atoms with E-state index in [-0.39, 0.29) is 11.7 Å². The van der Waals surface area contributed by atoms with Crippen LogP contribution in [0.25, 0.3) is 11.3 Å². The Hall–Kier alpha value is -3.84. The minimum absolute atomic E-state index is 0.176. The van der Waals surface area contributed by atoms with Gasteiger partial charge in [0.05, 0.1) is 24.2 Å². The molecular formula is C23H20ClN5O2. The maximum Gasteiger partial charge on any atom is 0.259 e. The van der Waals surface area contributed by atoms with Gasteiger partial charge in [-0.05, 0) is 42.0 Å². The van der Waals surface area contributed by atoms with Gasteiger partial charge in [0.15, 0.2) is 0 Å². The third-order valence-corrected chi connectivity index (χ3v) is 5.04. The first-order chi connectivity index (χ1) is 15.1. The van der Waals surface area contributed by atoms with E-state index in [0.717, 1.165) is 22.6 Å². The summed E-state index contributed by atoms with van der Waals surface area (Å²) in [5, 5.41) is 3.33. The molecule has 2 aromatic carbocycles. The van der Waals surface area contributed by atoms with Gasteiger partial charge in [-0.3, -0.25) is 4.79 Å². The van der Waals surface area contributed by atoms with Gasteiger partial charge in [-0.2, -0.15) is 0 Å². The molecule has 7 nitrogen and oxygen atoms in total. The maximum absolute atomic E-state index is 12.4. The van der Waals surface area contributed by atoms with Gasteiger partial charge in [-0.25, -0.2) is 9.97 Å². The number of pyridine rings is 1. The highest BCUT2D eigenvalue weighted by Gasteiger charge is 2.12. The number of halogens is 1. The molecule has 4 N–H and O–H groups in total. The fourth-order valence-electron chi connectivity index (χ4n) is 3.12. The highest BCUT2D eigenvalue weighted by atomic mass is 35.5. The minimum atomic E-state index is -0.340. The molecule has 156 valence electrons. The molecule has 0 aliphatic heterocycles. The summed E-state index contributed by atoms with van der Waals surface area (Å²) in [4.78, 5) is 23.6. The summed E-state index contributed by atoms with van der Waals surface area (Å²) in [5.41, 5.74) is 9.30. The van der Waals surface area contributed by atoms with Crippen LogP contribution in [-0.4, -0.2) is 27.5 Å². The molecule has 0 aliphatic rings. The van der Waals surface area contributed by atoms with Crippen molar-refractivity contribution in [3.8, 4) is 17.0 Å². The number of ether oxygens (including phenoxy) is 1. The molecule has 0 fully saturated rings. The molecule has 2 heterocycles. The number of rotatable bonds is 7. The summed E-state index contributed by atoms with van der Waals surface area (Å²) < 4.78 is 5.98. The summed E-state index contributed by atoms with van der Waals surface area (Å²) in [6, 6.07) is 16.4. The predicted octanol–water partition coefficient (Wildman–Crippen LogP) is 4.58. The Bertz CT molecular complexity index is 1190. The number of hydrogen-bond donors (Lipinski definition) is 3. The van der Waals surface area contributed by atoms with Gasteiger partial charge in [0.25, 0.3) is 5.91 Å². The molecule has 0 aliphatic carbocycles. The average Bonchev–Trinajstić information content (AvgIpc) is 3.30.